The van der Waals surface area contributed by atoms with Crippen LogP contribution in [0.3, 0.4) is 0 Å². The lowest BCUT2D eigenvalue weighted by Crippen LogP contribution is -2.70. The maximum Gasteiger partial charge on any atom is 0.272 e. The van der Waals surface area contributed by atoms with E-state index in [9.17, 15) is 9.59 Å². The molecule has 2 aliphatic rings. The number of carbonyl (C=O) groups excluding carboxylic acids is 2. The van der Waals surface area contributed by atoms with Crippen molar-refractivity contribution in [1.29, 1.82) is 0 Å². The molecule has 28 heavy (non-hydrogen) atoms. The van der Waals surface area contributed by atoms with Crippen LogP contribution in [0, 0.1) is 5.92 Å². The van der Waals surface area contributed by atoms with Gasteiger partial charge in [0, 0.05) is 31.6 Å². The second kappa shape index (κ2) is 7.51. The number of nitrogens with zero attached hydrogens (tertiary/aromatic N) is 3. The first-order valence-electron chi connectivity index (χ1n) is 10.0. The fourth-order valence-corrected chi connectivity index (χ4v) is 4.61. The topological polar surface area (TPSA) is 62.7 Å². The maximum absolute atomic E-state index is 12.9. The van der Waals surface area contributed by atoms with E-state index < -0.39 is 0 Å². The summed E-state index contributed by atoms with van der Waals surface area (Å²) < 4.78 is 5.45. The number of ether oxygens (including phenoxy) is 1. The van der Waals surface area contributed by atoms with Crippen LogP contribution in [0.1, 0.15) is 37.2 Å². The van der Waals surface area contributed by atoms with Crippen LogP contribution < -0.4 is 0 Å². The van der Waals surface area contributed by atoms with Gasteiger partial charge in [0.05, 0.1) is 11.6 Å². The molecule has 3 heterocycles. The largest absolute Gasteiger partial charge is 0.369 e. The van der Waals surface area contributed by atoms with Crippen LogP contribution in [0.15, 0.2) is 36.4 Å². The molecule has 6 heteroatoms. The number of rotatable bonds is 4. The van der Waals surface area contributed by atoms with E-state index in [0.29, 0.717) is 24.7 Å². The molecular weight excluding hydrogens is 354 g/mol. The number of methoxy groups -OCH3 is 1. The molecule has 0 unspecified atom stereocenters. The molecule has 2 aliphatic heterocycles. The Kier molecular flexibility index (Phi) is 5.06. The van der Waals surface area contributed by atoms with Crippen molar-refractivity contribution >= 4 is 22.7 Å². The van der Waals surface area contributed by atoms with Crippen LogP contribution >= 0.6 is 0 Å². The molecule has 0 N–H and O–H groups in total. The highest BCUT2D eigenvalue weighted by molar-refractivity contribution is 5.95. The number of carbonyl (C=O) groups is 2. The number of amides is 2. The molecule has 0 saturated carbocycles. The lowest BCUT2D eigenvalue weighted by atomic mass is 9.79. The third kappa shape index (κ3) is 3.15. The second-order valence-electron chi connectivity index (χ2n) is 8.00. The zero-order chi connectivity index (χ0) is 19.8. The summed E-state index contributed by atoms with van der Waals surface area (Å²) in [6, 6.07) is 11.9. The molecule has 0 aliphatic carbocycles. The van der Waals surface area contributed by atoms with E-state index in [2.05, 4.69) is 4.98 Å². The van der Waals surface area contributed by atoms with Gasteiger partial charge in [-0.25, -0.2) is 4.98 Å². The molecule has 0 bridgehead atoms. The number of aromatic nitrogens is 1. The van der Waals surface area contributed by atoms with E-state index >= 15 is 0 Å². The van der Waals surface area contributed by atoms with E-state index in [0.717, 1.165) is 23.7 Å². The van der Waals surface area contributed by atoms with Gasteiger partial charge >= 0.3 is 0 Å². The van der Waals surface area contributed by atoms with Crippen molar-refractivity contribution in [3.8, 4) is 0 Å². The third-order valence-corrected chi connectivity index (χ3v) is 6.07. The number of β-lactam (4-membered cyclic amide) rings is 1. The van der Waals surface area contributed by atoms with Crippen LogP contribution in [-0.2, 0) is 9.53 Å². The van der Waals surface area contributed by atoms with Crippen molar-refractivity contribution in [1.82, 2.24) is 14.8 Å². The first-order valence-corrected chi connectivity index (χ1v) is 10.0. The molecular formula is C22H27N3O3. The molecule has 148 valence electrons. The monoisotopic (exact) mass is 381 g/mol. The summed E-state index contributed by atoms with van der Waals surface area (Å²) in [4.78, 5) is 33.6. The smallest absolute Gasteiger partial charge is 0.272 e. The second-order valence-corrected chi connectivity index (χ2v) is 8.00. The molecule has 1 aromatic heterocycles. The van der Waals surface area contributed by atoms with Gasteiger partial charge in [-0.1, -0.05) is 24.3 Å². The zero-order valence-corrected chi connectivity index (χ0v) is 16.7. The molecule has 2 saturated heterocycles. The number of hydrogen-bond donors (Lipinski definition) is 0. The summed E-state index contributed by atoms with van der Waals surface area (Å²) in [7, 11) is 1.61. The Morgan fingerprint density at radius 2 is 1.86 bits per heavy atom. The average Bonchev–Trinajstić information content (AvgIpc) is 2.71. The van der Waals surface area contributed by atoms with E-state index in [1.54, 1.807) is 7.11 Å². The molecule has 0 radical (unpaired) electrons. The average molecular weight is 381 g/mol. The molecule has 4 rings (SSSR count). The Hall–Kier alpha value is -2.47. The minimum atomic E-state index is -0.336. The lowest BCUT2D eigenvalue weighted by Gasteiger charge is -2.53. The van der Waals surface area contributed by atoms with Crippen molar-refractivity contribution in [3.05, 3.63) is 42.1 Å². The Labute approximate surface area is 165 Å². The van der Waals surface area contributed by atoms with Gasteiger partial charge in [-0.15, -0.1) is 0 Å². The molecule has 6 nitrogen and oxygen atoms in total. The number of fused-ring (bicyclic) bond motifs is 1. The SMILES string of the molecule is CO[C@H]1C(=O)N(C(C)C)[C@H]1C1CCN(C(=O)c2ccc3ccccc3n2)CC1. The van der Waals surface area contributed by atoms with Gasteiger partial charge in [0.15, 0.2) is 6.10 Å². The molecule has 2 amide bonds. The van der Waals surface area contributed by atoms with Gasteiger partial charge in [0.2, 0.25) is 0 Å². The standard InChI is InChI=1S/C22H27N3O3/c1-14(2)25-19(20(28-3)22(25)27)16-10-12-24(13-11-16)21(26)18-9-8-15-6-4-5-7-17(15)23-18/h4-9,14,16,19-20H,10-13H2,1-3H3/t19-,20+/m0/s1. The highest BCUT2D eigenvalue weighted by atomic mass is 16.5. The van der Waals surface area contributed by atoms with E-state index in [1.807, 2.05) is 60.0 Å². The summed E-state index contributed by atoms with van der Waals surface area (Å²) in [6.07, 6.45) is 1.41. The van der Waals surface area contributed by atoms with Crippen molar-refractivity contribution < 1.29 is 14.3 Å². The van der Waals surface area contributed by atoms with Crippen LogP contribution in [0.2, 0.25) is 0 Å². The van der Waals surface area contributed by atoms with Crippen LogP contribution in [0.25, 0.3) is 10.9 Å². The van der Waals surface area contributed by atoms with Gasteiger partial charge in [0.25, 0.3) is 11.8 Å². The summed E-state index contributed by atoms with van der Waals surface area (Å²) in [5.74, 6) is 0.429. The minimum Gasteiger partial charge on any atom is -0.369 e. The highest BCUT2D eigenvalue weighted by Crippen LogP contribution is 2.36. The summed E-state index contributed by atoms with van der Waals surface area (Å²) >= 11 is 0. The van der Waals surface area contributed by atoms with Crippen LogP contribution in [-0.4, -0.2) is 65.0 Å². The quantitative estimate of drug-likeness (QED) is 0.764. The van der Waals surface area contributed by atoms with E-state index in [4.69, 9.17) is 4.74 Å². The molecule has 0 spiro atoms. The fraction of sp³-hybridized carbons (Fsp3) is 0.500. The Bertz CT molecular complexity index is 889. The van der Waals surface area contributed by atoms with Gasteiger partial charge < -0.3 is 14.5 Å². The number of pyridine rings is 1. The number of benzene rings is 1. The molecule has 2 aromatic rings. The number of hydrogen-bond acceptors (Lipinski definition) is 4. The Morgan fingerprint density at radius 3 is 2.54 bits per heavy atom. The van der Waals surface area contributed by atoms with Crippen molar-refractivity contribution in [2.75, 3.05) is 20.2 Å². The number of likely N-dealkylation sites (tertiary alicyclic amines) is 2. The number of piperidine rings is 1. The lowest BCUT2D eigenvalue weighted by molar-refractivity contribution is -0.181. The van der Waals surface area contributed by atoms with Gasteiger partial charge in [-0.05, 0) is 44.7 Å². The normalized spacial score (nSPS) is 23.4. The Balaban J connectivity index is 1.43. The fourth-order valence-electron chi connectivity index (χ4n) is 4.61. The molecule has 2 atom stereocenters. The van der Waals surface area contributed by atoms with Crippen molar-refractivity contribution in [3.63, 3.8) is 0 Å². The highest BCUT2D eigenvalue weighted by Gasteiger charge is 2.52. The van der Waals surface area contributed by atoms with Gasteiger partial charge in [-0.2, -0.15) is 0 Å². The predicted octanol–water partition coefficient (Wildman–Crippen LogP) is 2.72. The maximum atomic E-state index is 12.9. The number of para-hydroxylation sites is 1. The zero-order valence-electron chi connectivity index (χ0n) is 16.7. The minimum absolute atomic E-state index is 0.0158. The molecule has 1 aromatic carbocycles. The summed E-state index contributed by atoms with van der Waals surface area (Å²) in [6.45, 7) is 5.46. The third-order valence-electron chi connectivity index (χ3n) is 6.07. The molecule has 2 fully saturated rings. The first kappa shape index (κ1) is 18.9. The summed E-state index contributed by atoms with van der Waals surface area (Å²) in [5.41, 5.74) is 1.33. The first-order chi connectivity index (χ1) is 13.5. The van der Waals surface area contributed by atoms with Crippen LogP contribution in [0.5, 0.6) is 0 Å². The van der Waals surface area contributed by atoms with Gasteiger partial charge in [-0.3, -0.25) is 9.59 Å². The Morgan fingerprint density at radius 1 is 1.14 bits per heavy atom. The van der Waals surface area contributed by atoms with Crippen molar-refractivity contribution in [2.45, 2.75) is 44.9 Å². The van der Waals surface area contributed by atoms with E-state index in [1.165, 1.54) is 0 Å². The van der Waals surface area contributed by atoms with Gasteiger partial charge in [0.1, 0.15) is 5.69 Å². The summed E-state index contributed by atoms with van der Waals surface area (Å²) in [5, 5.41) is 1.03. The predicted molar refractivity (Wildman–Crippen MR) is 107 cm³/mol. The van der Waals surface area contributed by atoms with E-state index in [-0.39, 0.29) is 30.0 Å². The van der Waals surface area contributed by atoms with Crippen molar-refractivity contribution in [2.24, 2.45) is 5.92 Å². The van der Waals surface area contributed by atoms with Crippen LogP contribution in [0.4, 0.5) is 0 Å².